The zero-order valence-electron chi connectivity index (χ0n) is 13.3. The first kappa shape index (κ1) is 16.2. The van der Waals surface area contributed by atoms with E-state index >= 15 is 0 Å². The van der Waals surface area contributed by atoms with Gasteiger partial charge in [0.1, 0.15) is 0 Å². The van der Waals surface area contributed by atoms with Gasteiger partial charge in [0.15, 0.2) is 5.11 Å². The Labute approximate surface area is 146 Å². The zero-order valence-corrected chi connectivity index (χ0v) is 14.1. The molecule has 1 aliphatic heterocycles. The van der Waals surface area contributed by atoms with Gasteiger partial charge in [-0.05, 0) is 30.3 Å². The largest absolute Gasteiger partial charge is 0.463 e. The Kier molecular flexibility index (Phi) is 4.91. The predicted molar refractivity (Wildman–Crippen MR) is 98.0 cm³/mol. The molecular weight excluding hydrogens is 320 g/mol. The van der Waals surface area contributed by atoms with E-state index in [1.54, 1.807) is 6.92 Å². The van der Waals surface area contributed by atoms with Gasteiger partial charge in [0.05, 0.1) is 23.9 Å². The molecule has 122 valence electrons. The molecule has 5 heteroatoms. The van der Waals surface area contributed by atoms with Crippen LogP contribution in [0, 0.1) is 0 Å². The Morgan fingerprint density at radius 2 is 1.71 bits per heavy atom. The van der Waals surface area contributed by atoms with Crippen LogP contribution in [0.2, 0.25) is 0 Å². The number of hydrogen-bond acceptors (Lipinski definition) is 3. The fraction of sp³-hybridized carbons (Fsp3) is 0.158. The Bertz CT molecular complexity index is 772. The predicted octanol–water partition coefficient (Wildman–Crippen LogP) is 3.18. The van der Waals surface area contributed by atoms with E-state index < -0.39 is 0 Å². The molecule has 0 saturated heterocycles. The molecule has 1 heterocycles. The summed E-state index contributed by atoms with van der Waals surface area (Å²) >= 11 is 5.36. The minimum atomic E-state index is -0.354. The average molecular weight is 338 g/mol. The van der Waals surface area contributed by atoms with Gasteiger partial charge in [-0.2, -0.15) is 0 Å². The van der Waals surface area contributed by atoms with Crippen LogP contribution in [0.25, 0.3) is 5.70 Å². The third kappa shape index (κ3) is 3.31. The quantitative estimate of drug-likeness (QED) is 0.662. The van der Waals surface area contributed by atoms with E-state index in [0.29, 0.717) is 23.0 Å². The van der Waals surface area contributed by atoms with Gasteiger partial charge in [-0.3, -0.25) is 0 Å². The molecule has 1 aliphatic rings. The Hall–Kier alpha value is -2.66. The molecule has 0 aliphatic carbocycles. The van der Waals surface area contributed by atoms with Gasteiger partial charge in [0.2, 0.25) is 0 Å². The van der Waals surface area contributed by atoms with Crippen molar-refractivity contribution in [1.29, 1.82) is 0 Å². The summed E-state index contributed by atoms with van der Waals surface area (Å²) in [5, 5.41) is 6.79. The summed E-state index contributed by atoms with van der Waals surface area (Å²) in [5.41, 5.74) is 3.07. The molecule has 0 fully saturated rings. The standard InChI is InChI=1S/C19H18N2O2S/c1-2-23-18(22)15-16(13-9-5-3-6-10-13)20-19(24)21-17(15)14-11-7-4-8-12-14/h3-12,16H,2H2,1H3,(H2,20,21,24). The number of nitrogens with one attached hydrogen (secondary N) is 2. The Morgan fingerprint density at radius 3 is 2.33 bits per heavy atom. The molecule has 0 spiro atoms. The maximum absolute atomic E-state index is 12.7. The number of esters is 1. The SMILES string of the molecule is CCOC(=O)C1=C(c2ccccc2)NC(=S)NC1c1ccccc1. The number of thiocarbonyl (C=S) groups is 1. The minimum Gasteiger partial charge on any atom is -0.463 e. The Morgan fingerprint density at radius 1 is 1.08 bits per heavy atom. The van der Waals surface area contributed by atoms with Gasteiger partial charge < -0.3 is 15.4 Å². The third-order valence-electron chi connectivity index (χ3n) is 3.76. The lowest BCUT2D eigenvalue weighted by molar-refractivity contribution is -0.138. The van der Waals surface area contributed by atoms with Crippen molar-refractivity contribution in [1.82, 2.24) is 10.6 Å². The first-order valence-electron chi connectivity index (χ1n) is 7.80. The van der Waals surface area contributed by atoms with Gasteiger partial charge in [0, 0.05) is 0 Å². The van der Waals surface area contributed by atoms with Crippen molar-refractivity contribution in [2.24, 2.45) is 0 Å². The maximum Gasteiger partial charge on any atom is 0.338 e. The van der Waals surface area contributed by atoms with E-state index in [2.05, 4.69) is 10.6 Å². The molecule has 1 atom stereocenters. The summed E-state index contributed by atoms with van der Waals surface area (Å²) in [4.78, 5) is 12.7. The summed E-state index contributed by atoms with van der Waals surface area (Å²) in [5.74, 6) is -0.354. The molecule has 3 rings (SSSR count). The second-order valence-electron chi connectivity index (χ2n) is 5.32. The molecule has 2 aromatic carbocycles. The van der Waals surface area contributed by atoms with Crippen LogP contribution in [0.1, 0.15) is 24.1 Å². The normalized spacial score (nSPS) is 17.0. The van der Waals surface area contributed by atoms with Crippen LogP contribution in [-0.2, 0) is 9.53 Å². The number of benzene rings is 2. The molecule has 0 amide bonds. The molecule has 24 heavy (non-hydrogen) atoms. The van der Waals surface area contributed by atoms with E-state index in [1.165, 1.54) is 0 Å². The maximum atomic E-state index is 12.7. The van der Waals surface area contributed by atoms with Crippen LogP contribution in [0.5, 0.6) is 0 Å². The molecule has 4 nitrogen and oxygen atoms in total. The summed E-state index contributed by atoms with van der Waals surface area (Å²) < 4.78 is 5.30. The third-order valence-corrected chi connectivity index (χ3v) is 3.98. The number of carbonyl (C=O) groups excluding carboxylic acids is 1. The molecule has 0 radical (unpaired) electrons. The van der Waals surface area contributed by atoms with Crippen molar-refractivity contribution in [2.75, 3.05) is 6.61 Å². The fourth-order valence-electron chi connectivity index (χ4n) is 2.72. The molecule has 1 unspecified atom stereocenters. The van der Waals surface area contributed by atoms with Crippen molar-refractivity contribution >= 4 is 29.0 Å². The number of ether oxygens (including phenoxy) is 1. The Balaban J connectivity index is 2.16. The highest BCUT2D eigenvalue weighted by molar-refractivity contribution is 7.80. The highest BCUT2D eigenvalue weighted by Crippen LogP contribution is 2.31. The van der Waals surface area contributed by atoms with Crippen LogP contribution in [0.3, 0.4) is 0 Å². The zero-order chi connectivity index (χ0) is 16.9. The highest BCUT2D eigenvalue weighted by atomic mass is 32.1. The van der Waals surface area contributed by atoms with E-state index in [-0.39, 0.29) is 12.0 Å². The van der Waals surface area contributed by atoms with Gasteiger partial charge >= 0.3 is 5.97 Å². The van der Waals surface area contributed by atoms with Crippen molar-refractivity contribution in [3.63, 3.8) is 0 Å². The first-order chi connectivity index (χ1) is 11.7. The van der Waals surface area contributed by atoms with Crippen LogP contribution in [0.4, 0.5) is 0 Å². The molecule has 0 aromatic heterocycles. The molecular formula is C19H18N2O2S. The van der Waals surface area contributed by atoms with Gasteiger partial charge in [0.25, 0.3) is 0 Å². The molecule has 2 aromatic rings. The highest BCUT2D eigenvalue weighted by Gasteiger charge is 2.32. The summed E-state index contributed by atoms with van der Waals surface area (Å²) in [6.07, 6.45) is 0. The number of carbonyl (C=O) groups is 1. The van der Waals surface area contributed by atoms with Crippen molar-refractivity contribution in [3.8, 4) is 0 Å². The van der Waals surface area contributed by atoms with E-state index in [1.807, 2.05) is 60.7 Å². The summed E-state index contributed by atoms with van der Waals surface area (Å²) in [6.45, 7) is 2.11. The lowest BCUT2D eigenvalue weighted by atomic mass is 9.93. The van der Waals surface area contributed by atoms with Crippen LogP contribution < -0.4 is 10.6 Å². The molecule has 0 bridgehead atoms. The second-order valence-corrected chi connectivity index (χ2v) is 5.73. The van der Waals surface area contributed by atoms with E-state index in [4.69, 9.17) is 17.0 Å². The van der Waals surface area contributed by atoms with Crippen LogP contribution in [-0.4, -0.2) is 17.7 Å². The fourth-order valence-corrected chi connectivity index (χ4v) is 2.94. The summed E-state index contributed by atoms with van der Waals surface area (Å²) in [6, 6.07) is 19.1. The number of hydrogen-bond donors (Lipinski definition) is 2. The smallest absolute Gasteiger partial charge is 0.338 e. The minimum absolute atomic E-state index is 0.316. The number of rotatable bonds is 4. The van der Waals surface area contributed by atoms with Crippen LogP contribution >= 0.6 is 12.2 Å². The van der Waals surface area contributed by atoms with Crippen molar-refractivity contribution in [3.05, 3.63) is 77.4 Å². The molecule has 2 N–H and O–H groups in total. The summed E-state index contributed by atoms with van der Waals surface area (Å²) in [7, 11) is 0. The van der Waals surface area contributed by atoms with Crippen molar-refractivity contribution in [2.45, 2.75) is 13.0 Å². The topological polar surface area (TPSA) is 50.4 Å². The first-order valence-corrected chi connectivity index (χ1v) is 8.20. The molecule has 0 saturated carbocycles. The average Bonchev–Trinajstić information content (AvgIpc) is 2.62. The lowest BCUT2D eigenvalue weighted by Gasteiger charge is -2.31. The van der Waals surface area contributed by atoms with Gasteiger partial charge in [-0.25, -0.2) is 4.79 Å². The van der Waals surface area contributed by atoms with Gasteiger partial charge in [-0.15, -0.1) is 0 Å². The van der Waals surface area contributed by atoms with Gasteiger partial charge in [-0.1, -0.05) is 60.7 Å². The lowest BCUT2D eigenvalue weighted by Crippen LogP contribution is -2.45. The van der Waals surface area contributed by atoms with Crippen molar-refractivity contribution < 1.29 is 9.53 Å². The second kappa shape index (κ2) is 7.27. The van der Waals surface area contributed by atoms with Crippen LogP contribution in [0.15, 0.2) is 66.2 Å². The monoisotopic (exact) mass is 338 g/mol. The van der Waals surface area contributed by atoms with E-state index in [9.17, 15) is 4.79 Å². The van der Waals surface area contributed by atoms with E-state index in [0.717, 1.165) is 11.1 Å².